The maximum absolute atomic E-state index is 5.79. The van der Waals surface area contributed by atoms with Crippen LogP contribution in [-0.4, -0.2) is 58.1 Å². The van der Waals surface area contributed by atoms with Gasteiger partial charge >= 0.3 is 18.6 Å². The molecule has 0 unspecified atom stereocenters. The van der Waals surface area contributed by atoms with E-state index in [2.05, 4.69) is 19.2 Å². The van der Waals surface area contributed by atoms with E-state index in [-0.39, 0.29) is 0 Å². The number of hydrogen-bond donors (Lipinski definition) is 1. The lowest BCUT2D eigenvalue weighted by Gasteiger charge is -2.23. The molecule has 0 fully saturated rings. The molecule has 0 bridgehead atoms. The molecular formula is C16H39NO4Si2. The van der Waals surface area contributed by atoms with Crippen LogP contribution in [0.1, 0.15) is 54.4 Å². The van der Waals surface area contributed by atoms with Gasteiger partial charge in [0.25, 0.3) is 0 Å². The minimum absolute atomic E-state index is 0.536. The number of nitrogens with one attached hydrogen (secondary N) is 1. The molecule has 0 aliphatic carbocycles. The minimum atomic E-state index is -1.51. The summed E-state index contributed by atoms with van der Waals surface area (Å²) in [6.07, 6.45) is 2.23. The smallest absolute Gasteiger partial charge is 0.324 e. The molecule has 0 aromatic heterocycles. The van der Waals surface area contributed by atoms with Crippen LogP contribution < -0.4 is 5.32 Å². The van der Waals surface area contributed by atoms with Gasteiger partial charge in [0.1, 0.15) is 0 Å². The summed E-state index contributed by atoms with van der Waals surface area (Å²) in [5.74, 6) is 0. The Kier molecular flexibility index (Phi) is 15.9. The van der Waals surface area contributed by atoms with Crippen molar-refractivity contribution in [3.8, 4) is 0 Å². The monoisotopic (exact) mass is 365 g/mol. The summed E-state index contributed by atoms with van der Waals surface area (Å²) in [5.41, 5.74) is 1.07. The van der Waals surface area contributed by atoms with E-state index in [0.29, 0.717) is 11.1 Å². The van der Waals surface area contributed by atoms with Gasteiger partial charge in [0.2, 0.25) is 0 Å². The van der Waals surface area contributed by atoms with E-state index in [1.54, 1.807) is 0 Å². The van der Waals surface area contributed by atoms with Crippen molar-refractivity contribution >= 4 is 18.6 Å². The molecule has 7 heteroatoms. The van der Waals surface area contributed by atoms with Gasteiger partial charge in [-0.05, 0) is 64.7 Å². The topological polar surface area (TPSA) is 49.0 Å². The highest BCUT2D eigenvalue weighted by Crippen LogP contribution is 2.17. The maximum Gasteiger partial charge on any atom is 0.324 e. The predicted molar refractivity (Wildman–Crippen MR) is 102 cm³/mol. The molecule has 0 aromatic carbocycles. The first-order chi connectivity index (χ1) is 11.1. The summed E-state index contributed by atoms with van der Waals surface area (Å²) < 4.78 is 23.1. The molecule has 2 atom stereocenters. The number of rotatable bonds is 16. The molecule has 0 saturated heterocycles. The zero-order valence-electron chi connectivity index (χ0n) is 16.1. The van der Waals surface area contributed by atoms with E-state index in [1.807, 2.05) is 27.7 Å². The van der Waals surface area contributed by atoms with Crippen molar-refractivity contribution in [2.45, 2.75) is 65.5 Å². The summed E-state index contributed by atoms with van der Waals surface area (Å²) in [5, 5.41) is 3.55. The second kappa shape index (κ2) is 15.7. The van der Waals surface area contributed by atoms with Gasteiger partial charge < -0.3 is 23.0 Å². The highest BCUT2D eigenvalue weighted by Gasteiger charge is 2.22. The van der Waals surface area contributed by atoms with Gasteiger partial charge in [0.05, 0.1) is 0 Å². The highest BCUT2D eigenvalue weighted by atomic mass is 28.3. The van der Waals surface area contributed by atoms with Gasteiger partial charge in [0, 0.05) is 26.4 Å². The summed E-state index contributed by atoms with van der Waals surface area (Å²) >= 11 is 0. The lowest BCUT2D eigenvalue weighted by Crippen LogP contribution is -2.32. The fourth-order valence-corrected chi connectivity index (χ4v) is 6.17. The van der Waals surface area contributed by atoms with Crippen molar-refractivity contribution in [3.05, 3.63) is 0 Å². The summed E-state index contributed by atoms with van der Waals surface area (Å²) in [7, 11) is -3.01. The molecule has 0 heterocycles. The zero-order chi connectivity index (χ0) is 17.5. The van der Waals surface area contributed by atoms with Crippen molar-refractivity contribution < 1.29 is 17.7 Å². The third-order valence-corrected chi connectivity index (χ3v) is 8.98. The lowest BCUT2D eigenvalue weighted by molar-refractivity contribution is 0.203. The molecule has 0 aliphatic rings. The molecule has 0 spiro atoms. The Balaban J connectivity index is 3.88. The molecule has 5 nitrogen and oxygen atoms in total. The van der Waals surface area contributed by atoms with Crippen molar-refractivity contribution in [1.82, 2.24) is 5.32 Å². The third kappa shape index (κ3) is 11.4. The van der Waals surface area contributed by atoms with E-state index in [9.17, 15) is 0 Å². The fourth-order valence-electron chi connectivity index (χ4n) is 2.47. The van der Waals surface area contributed by atoms with Crippen molar-refractivity contribution in [1.29, 1.82) is 0 Å². The van der Waals surface area contributed by atoms with E-state index < -0.39 is 18.6 Å². The normalized spacial score (nSPS) is 14.6. The van der Waals surface area contributed by atoms with Crippen LogP contribution in [0, 0.1) is 0 Å². The lowest BCUT2D eigenvalue weighted by atomic mass is 10.3. The van der Waals surface area contributed by atoms with Crippen LogP contribution in [0.3, 0.4) is 0 Å². The SMILES string of the molecule is CCO[SiH](OCC)[C@H](C)CCNCC[C@H](C)[SiH](OCC)OCC. The summed E-state index contributed by atoms with van der Waals surface area (Å²) in [6.45, 7) is 17.7. The second-order valence-electron chi connectivity index (χ2n) is 5.84. The molecule has 0 amide bonds. The summed E-state index contributed by atoms with van der Waals surface area (Å²) in [6, 6.07) is 0. The van der Waals surface area contributed by atoms with Crippen LogP contribution in [0.5, 0.6) is 0 Å². The van der Waals surface area contributed by atoms with Gasteiger partial charge in [0.15, 0.2) is 0 Å². The van der Waals surface area contributed by atoms with E-state index in [4.69, 9.17) is 17.7 Å². The Labute approximate surface area is 147 Å². The quantitative estimate of drug-likeness (QED) is 0.337. The van der Waals surface area contributed by atoms with Crippen LogP contribution in [0.2, 0.25) is 11.1 Å². The van der Waals surface area contributed by atoms with Crippen LogP contribution in [0.25, 0.3) is 0 Å². The molecule has 1 N–H and O–H groups in total. The zero-order valence-corrected chi connectivity index (χ0v) is 18.4. The Morgan fingerprint density at radius 1 is 0.652 bits per heavy atom. The third-order valence-electron chi connectivity index (χ3n) is 3.81. The fraction of sp³-hybridized carbons (Fsp3) is 1.00. The average Bonchev–Trinajstić information content (AvgIpc) is 2.53. The molecule has 0 rings (SSSR count). The Hall–Kier alpha value is 0.234. The Bertz CT molecular complexity index is 226. The molecular weight excluding hydrogens is 326 g/mol. The van der Waals surface area contributed by atoms with Gasteiger partial charge in [-0.1, -0.05) is 13.8 Å². The number of hydrogen-bond acceptors (Lipinski definition) is 5. The van der Waals surface area contributed by atoms with E-state index in [1.165, 1.54) is 0 Å². The standard InChI is InChI=1S/C16H39NO4Si2/c1-7-18-22(19-8-2)15(5)11-13-17-14-12-16(6)23(20-9-3)21-10-4/h15-17,22-23H,7-14H2,1-6H3/t15-,16+. The van der Waals surface area contributed by atoms with Gasteiger partial charge in [-0.25, -0.2) is 0 Å². The molecule has 0 aliphatic heterocycles. The molecule has 0 saturated carbocycles. The first kappa shape index (κ1) is 23.2. The first-order valence-corrected chi connectivity index (χ1v) is 12.5. The minimum Gasteiger partial charge on any atom is -0.397 e. The second-order valence-corrected chi connectivity index (χ2v) is 10.9. The van der Waals surface area contributed by atoms with Gasteiger partial charge in [-0.15, -0.1) is 0 Å². The van der Waals surface area contributed by atoms with Crippen molar-refractivity contribution in [3.63, 3.8) is 0 Å². The molecule has 0 aromatic rings. The first-order valence-electron chi connectivity index (χ1n) is 9.27. The molecule has 23 heavy (non-hydrogen) atoms. The largest absolute Gasteiger partial charge is 0.397 e. The van der Waals surface area contributed by atoms with E-state index in [0.717, 1.165) is 52.4 Å². The van der Waals surface area contributed by atoms with Gasteiger partial charge in [-0.2, -0.15) is 0 Å². The van der Waals surface area contributed by atoms with Crippen molar-refractivity contribution in [2.75, 3.05) is 39.5 Å². The predicted octanol–water partition coefficient (Wildman–Crippen LogP) is 2.72. The van der Waals surface area contributed by atoms with Crippen LogP contribution in [-0.2, 0) is 17.7 Å². The van der Waals surface area contributed by atoms with Crippen molar-refractivity contribution in [2.24, 2.45) is 0 Å². The van der Waals surface area contributed by atoms with Crippen LogP contribution in [0.15, 0.2) is 0 Å². The Morgan fingerprint density at radius 2 is 0.957 bits per heavy atom. The summed E-state index contributed by atoms with van der Waals surface area (Å²) in [4.78, 5) is 0. The maximum atomic E-state index is 5.79. The molecule has 0 radical (unpaired) electrons. The van der Waals surface area contributed by atoms with E-state index >= 15 is 0 Å². The van der Waals surface area contributed by atoms with Crippen LogP contribution >= 0.6 is 0 Å². The Morgan fingerprint density at radius 3 is 1.22 bits per heavy atom. The van der Waals surface area contributed by atoms with Crippen LogP contribution in [0.4, 0.5) is 0 Å². The highest BCUT2D eigenvalue weighted by molar-refractivity contribution is 6.46. The van der Waals surface area contributed by atoms with Gasteiger partial charge in [-0.3, -0.25) is 0 Å². The molecule has 140 valence electrons. The average molecular weight is 366 g/mol.